The van der Waals surface area contributed by atoms with Crippen LogP contribution in [-0.4, -0.2) is 46.7 Å². The Bertz CT molecular complexity index is 946. The van der Waals surface area contributed by atoms with E-state index < -0.39 is 0 Å². The van der Waals surface area contributed by atoms with E-state index in [1.807, 2.05) is 28.8 Å². The molecule has 4 rings (SSSR count). The summed E-state index contributed by atoms with van der Waals surface area (Å²) in [5, 5.41) is 4.67. The van der Waals surface area contributed by atoms with Gasteiger partial charge < -0.3 is 9.47 Å². The van der Waals surface area contributed by atoms with E-state index in [2.05, 4.69) is 28.9 Å². The predicted molar refractivity (Wildman–Crippen MR) is 99.7 cm³/mol. The highest BCUT2D eigenvalue weighted by Gasteiger charge is 2.37. The summed E-state index contributed by atoms with van der Waals surface area (Å²) in [4.78, 5) is 28.2. The molecule has 8 nitrogen and oxygen atoms in total. The van der Waals surface area contributed by atoms with Crippen LogP contribution in [0, 0.1) is 5.92 Å². The van der Waals surface area contributed by atoms with Gasteiger partial charge in [-0.05, 0) is 18.1 Å². The molecule has 0 aromatic carbocycles. The van der Waals surface area contributed by atoms with Crippen LogP contribution in [0.2, 0.25) is 0 Å². The van der Waals surface area contributed by atoms with Gasteiger partial charge in [-0.1, -0.05) is 20.3 Å². The van der Waals surface area contributed by atoms with E-state index >= 15 is 0 Å². The number of hydrogen-bond donors (Lipinski definition) is 0. The molecule has 0 fully saturated rings. The van der Waals surface area contributed by atoms with Gasteiger partial charge in [0.15, 0.2) is 11.6 Å². The standard InChI is InChI=1S/C19H23N7O/c1-4-13(2)16-18-22-17(14-6-5-7-20-10-14)23-26(18)9-8-25(16)19(27)15-11-21-12-24(15)3/h5-7,10-13,16H,4,8-9H2,1-3H3/t13-,16-/m0/s1. The number of pyridine rings is 1. The molecule has 0 N–H and O–H groups in total. The van der Waals surface area contributed by atoms with Gasteiger partial charge >= 0.3 is 0 Å². The fourth-order valence-corrected chi connectivity index (χ4v) is 3.56. The molecule has 0 saturated heterocycles. The van der Waals surface area contributed by atoms with Crippen molar-refractivity contribution >= 4 is 5.91 Å². The van der Waals surface area contributed by atoms with Gasteiger partial charge in [-0.25, -0.2) is 14.6 Å². The number of hydrogen-bond acceptors (Lipinski definition) is 5. The van der Waals surface area contributed by atoms with Crippen molar-refractivity contribution in [2.24, 2.45) is 13.0 Å². The highest BCUT2D eigenvalue weighted by Crippen LogP contribution is 2.34. The van der Waals surface area contributed by atoms with E-state index in [0.717, 1.165) is 17.8 Å². The molecule has 0 spiro atoms. The number of carbonyl (C=O) groups is 1. The van der Waals surface area contributed by atoms with Crippen LogP contribution < -0.4 is 0 Å². The summed E-state index contributed by atoms with van der Waals surface area (Å²) >= 11 is 0. The highest BCUT2D eigenvalue weighted by atomic mass is 16.2. The summed E-state index contributed by atoms with van der Waals surface area (Å²) in [7, 11) is 1.84. The second-order valence-corrected chi connectivity index (χ2v) is 6.98. The second kappa shape index (κ2) is 6.94. The number of rotatable bonds is 4. The third-order valence-electron chi connectivity index (χ3n) is 5.25. The minimum Gasteiger partial charge on any atom is -0.330 e. The zero-order valence-electron chi connectivity index (χ0n) is 15.8. The molecule has 1 amide bonds. The first kappa shape index (κ1) is 17.4. The lowest BCUT2D eigenvalue weighted by molar-refractivity contribution is 0.0509. The van der Waals surface area contributed by atoms with Crippen molar-refractivity contribution in [3.63, 3.8) is 0 Å². The van der Waals surface area contributed by atoms with E-state index in [1.54, 1.807) is 29.5 Å². The summed E-state index contributed by atoms with van der Waals surface area (Å²) < 4.78 is 3.70. The van der Waals surface area contributed by atoms with Crippen molar-refractivity contribution < 1.29 is 4.79 Å². The molecular formula is C19H23N7O. The molecule has 0 aliphatic carbocycles. The smallest absolute Gasteiger partial charge is 0.272 e. The van der Waals surface area contributed by atoms with Crippen molar-refractivity contribution in [1.29, 1.82) is 0 Å². The first-order valence-electron chi connectivity index (χ1n) is 9.22. The fraction of sp³-hybridized carbons (Fsp3) is 0.421. The quantitative estimate of drug-likeness (QED) is 0.709. The third kappa shape index (κ3) is 3.01. The molecule has 0 bridgehead atoms. The van der Waals surface area contributed by atoms with Gasteiger partial charge in [-0.15, -0.1) is 0 Å². The number of carbonyl (C=O) groups excluding carboxylic acids is 1. The Morgan fingerprint density at radius 3 is 2.81 bits per heavy atom. The van der Waals surface area contributed by atoms with Crippen LogP contribution in [0.4, 0.5) is 0 Å². The summed E-state index contributed by atoms with van der Waals surface area (Å²) in [6.45, 7) is 5.51. The Morgan fingerprint density at radius 1 is 1.30 bits per heavy atom. The monoisotopic (exact) mass is 365 g/mol. The van der Waals surface area contributed by atoms with Gasteiger partial charge in [0.1, 0.15) is 5.69 Å². The van der Waals surface area contributed by atoms with Crippen molar-refractivity contribution in [3.8, 4) is 11.4 Å². The Labute approximate surface area is 157 Å². The molecule has 0 unspecified atom stereocenters. The molecule has 140 valence electrons. The molecule has 1 aliphatic heterocycles. The maximum atomic E-state index is 13.2. The van der Waals surface area contributed by atoms with E-state index in [1.165, 1.54) is 0 Å². The number of nitrogens with zero attached hydrogens (tertiary/aromatic N) is 7. The number of imidazole rings is 1. The van der Waals surface area contributed by atoms with Crippen molar-refractivity contribution in [2.75, 3.05) is 6.54 Å². The van der Waals surface area contributed by atoms with Crippen LogP contribution in [0.25, 0.3) is 11.4 Å². The average molecular weight is 365 g/mol. The molecule has 1 aliphatic rings. The lowest BCUT2D eigenvalue weighted by atomic mass is 9.95. The van der Waals surface area contributed by atoms with Gasteiger partial charge in [0, 0.05) is 31.5 Å². The Hall–Kier alpha value is -3.03. The number of aromatic nitrogens is 6. The molecule has 3 aromatic heterocycles. The molecule has 4 heterocycles. The number of aryl methyl sites for hydroxylation is 1. The summed E-state index contributed by atoms with van der Waals surface area (Å²) in [5.74, 6) is 1.73. The fourth-order valence-electron chi connectivity index (χ4n) is 3.56. The van der Waals surface area contributed by atoms with E-state index in [0.29, 0.717) is 24.6 Å². The highest BCUT2D eigenvalue weighted by molar-refractivity contribution is 5.92. The summed E-state index contributed by atoms with van der Waals surface area (Å²) in [6, 6.07) is 3.70. The van der Waals surface area contributed by atoms with E-state index in [4.69, 9.17) is 4.98 Å². The molecule has 0 saturated carbocycles. The van der Waals surface area contributed by atoms with Gasteiger partial charge in [-0.2, -0.15) is 5.10 Å². The molecule has 0 radical (unpaired) electrons. The van der Waals surface area contributed by atoms with E-state index in [-0.39, 0.29) is 17.9 Å². The van der Waals surface area contributed by atoms with Gasteiger partial charge in [-0.3, -0.25) is 9.78 Å². The van der Waals surface area contributed by atoms with Crippen molar-refractivity contribution in [1.82, 2.24) is 34.2 Å². The Kier molecular flexibility index (Phi) is 4.47. The zero-order chi connectivity index (χ0) is 19.0. The maximum Gasteiger partial charge on any atom is 0.272 e. The first-order valence-corrected chi connectivity index (χ1v) is 9.22. The molecule has 2 atom stereocenters. The summed E-state index contributed by atoms with van der Waals surface area (Å²) in [5.41, 5.74) is 1.47. The second-order valence-electron chi connectivity index (χ2n) is 6.98. The first-order chi connectivity index (χ1) is 13.1. The topological polar surface area (TPSA) is 81.7 Å². The SMILES string of the molecule is CC[C@H](C)[C@H]1c2nc(-c3cccnc3)nn2CCN1C(=O)c1cncn1C. The summed E-state index contributed by atoms with van der Waals surface area (Å²) in [6.07, 6.45) is 7.71. The van der Waals surface area contributed by atoms with E-state index in [9.17, 15) is 4.79 Å². The molecular weight excluding hydrogens is 342 g/mol. The number of amides is 1. The zero-order valence-corrected chi connectivity index (χ0v) is 15.8. The molecule has 27 heavy (non-hydrogen) atoms. The minimum absolute atomic E-state index is 0.0162. The Balaban J connectivity index is 1.74. The lowest BCUT2D eigenvalue weighted by Gasteiger charge is -2.38. The molecule has 8 heteroatoms. The van der Waals surface area contributed by atoms with Crippen LogP contribution in [0.5, 0.6) is 0 Å². The maximum absolute atomic E-state index is 13.2. The van der Waals surface area contributed by atoms with Gasteiger partial charge in [0.05, 0.1) is 25.1 Å². The minimum atomic E-state index is -0.121. The Morgan fingerprint density at radius 2 is 2.15 bits per heavy atom. The normalized spacial score (nSPS) is 17.6. The van der Waals surface area contributed by atoms with Crippen LogP contribution in [0.15, 0.2) is 37.1 Å². The largest absolute Gasteiger partial charge is 0.330 e. The van der Waals surface area contributed by atoms with Crippen LogP contribution in [0.1, 0.15) is 42.6 Å². The third-order valence-corrected chi connectivity index (χ3v) is 5.25. The number of fused-ring (bicyclic) bond motifs is 1. The van der Waals surface area contributed by atoms with Crippen molar-refractivity contribution in [2.45, 2.75) is 32.9 Å². The van der Waals surface area contributed by atoms with Crippen molar-refractivity contribution in [3.05, 3.63) is 48.6 Å². The average Bonchev–Trinajstić information content (AvgIpc) is 3.32. The van der Waals surface area contributed by atoms with Gasteiger partial charge in [0.2, 0.25) is 0 Å². The predicted octanol–water partition coefficient (Wildman–Crippen LogP) is 2.32. The van der Waals surface area contributed by atoms with Gasteiger partial charge in [0.25, 0.3) is 5.91 Å². The van der Waals surface area contributed by atoms with Crippen LogP contribution in [0.3, 0.4) is 0 Å². The van der Waals surface area contributed by atoms with Crippen LogP contribution >= 0.6 is 0 Å². The lowest BCUT2D eigenvalue weighted by Crippen LogP contribution is -2.45. The molecule has 3 aromatic rings. The van der Waals surface area contributed by atoms with Crippen LogP contribution in [-0.2, 0) is 13.6 Å².